The highest BCUT2D eigenvalue weighted by molar-refractivity contribution is 5.99. The molecule has 0 bridgehead atoms. The van der Waals surface area contributed by atoms with Crippen LogP contribution in [0.2, 0.25) is 0 Å². The van der Waals surface area contributed by atoms with Gasteiger partial charge in [0.05, 0.1) is 23.4 Å². The van der Waals surface area contributed by atoms with E-state index in [0.717, 1.165) is 49.4 Å². The summed E-state index contributed by atoms with van der Waals surface area (Å²) in [6, 6.07) is 14.6. The van der Waals surface area contributed by atoms with Crippen molar-refractivity contribution < 1.29 is 23.5 Å². The van der Waals surface area contributed by atoms with Gasteiger partial charge >= 0.3 is 5.97 Å². The number of aromatic carboxylic acids is 1. The van der Waals surface area contributed by atoms with Gasteiger partial charge in [-0.2, -0.15) is 0 Å². The lowest BCUT2D eigenvalue weighted by Crippen LogP contribution is -2.40. The van der Waals surface area contributed by atoms with Crippen molar-refractivity contribution in [2.45, 2.75) is 96.4 Å². The third-order valence-corrected chi connectivity index (χ3v) is 9.17. The summed E-state index contributed by atoms with van der Waals surface area (Å²) in [6.45, 7) is 4.90. The van der Waals surface area contributed by atoms with Gasteiger partial charge in [-0.1, -0.05) is 76.6 Å². The lowest BCUT2D eigenvalue weighted by atomic mass is 9.84. The number of carbonyl (C=O) groups excluding carboxylic acids is 1. The number of carboxylic acids is 1. The van der Waals surface area contributed by atoms with Crippen molar-refractivity contribution in [3.8, 4) is 11.1 Å². The molecule has 0 spiro atoms. The van der Waals surface area contributed by atoms with Crippen LogP contribution in [0.5, 0.6) is 0 Å². The Bertz CT molecular complexity index is 1460. The molecule has 0 aromatic heterocycles. The van der Waals surface area contributed by atoms with E-state index < -0.39 is 17.6 Å². The predicted octanol–water partition coefficient (Wildman–Crippen LogP) is 9.35. The van der Waals surface area contributed by atoms with Crippen LogP contribution in [0.15, 0.2) is 54.6 Å². The van der Waals surface area contributed by atoms with Crippen molar-refractivity contribution in [3.05, 3.63) is 82.9 Å². The maximum Gasteiger partial charge on any atom is 0.336 e. The summed E-state index contributed by atoms with van der Waals surface area (Å²) in [5.74, 6) is -1.99. The van der Waals surface area contributed by atoms with Gasteiger partial charge in [-0.15, -0.1) is 0 Å². The molecule has 2 aliphatic rings. The fourth-order valence-electron chi connectivity index (χ4n) is 6.99. The number of rotatable bonds is 10. The van der Waals surface area contributed by atoms with Gasteiger partial charge in [0.15, 0.2) is 0 Å². The largest absolute Gasteiger partial charge is 0.478 e. The molecule has 5 nitrogen and oxygen atoms in total. The van der Waals surface area contributed by atoms with Crippen LogP contribution in [0.3, 0.4) is 0 Å². The van der Waals surface area contributed by atoms with Crippen molar-refractivity contribution >= 4 is 23.3 Å². The molecule has 2 fully saturated rings. The molecule has 7 heteroatoms. The smallest absolute Gasteiger partial charge is 0.336 e. The number of carbonyl (C=O) groups is 2. The summed E-state index contributed by atoms with van der Waals surface area (Å²) in [4.78, 5) is 27.7. The molecule has 2 saturated carbocycles. The molecule has 2 aliphatic carbocycles. The molecule has 3 aromatic carbocycles. The van der Waals surface area contributed by atoms with Gasteiger partial charge in [-0.25, -0.2) is 13.6 Å². The topological polar surface area (TPSA) is 69.6 Å². The normalized spacial score (nSPS) is 16.2. The second-order valence-corrected chi connectivity index (χ2v) is 13.0. The highest BCUT2D eigenvalue weighted by Crippen LogP contribution is 2.39. The maximum absolute atomic E-state index is 16.0. The third kappa shape index (κ3) is 7.66. The molecule has 2 N–H and O–H groups in total. The number of benzene rings is 3. The molecule has 5 rings (SSSR count). The Morgan fingerprint density at radius 3 is 2.16 bits per heavy atom. The summed E-state index contributed by atoms with van der Waals surface area (Å²) in [5.41, 5.74) is 2.84. The minimum Gasteiger partial charge on any atom is -0.478 e. The van der Waals surface area contributed by atoms with E-state index >= 15 is 4.39 Å². The summed E-state index contributed by atoms with van der Waals surface area (Å²) >= 11 is 0. The zero-order valence-corrected chi connectivity index (χ0v) is 25.9. The van der Waals surface area contributed by atoms with E-state index in [2.05, 4.69) is 36.2 Å². The number of nitrogens with zero attached hydrogens (tertiary/aromatic N) is 1. The Morgan fingerprint density at radius 2 is 1.52 bits per heavy atom. The van der Waals surface area contributed by atoms with E-state index in [1.54, 1.807) is 0 Å². The predicted molar refractivity (Wildman–Crippen MR) is 172 cm³/mol. The minimum absolute atomic E-state index is 0.0640. The van der Waals surface area contributed by atoms with E-state index in [1.807, 2.05) is 12.1 Å². The molecule has 0 heterocycles. The average molecular weight is 603 g/mol. The van der Waals surface area contributed by atoms with Crippen LogP contribution < -0.4 is 10.2 Å². The molecular formula is C37H44F2N2O3. The number of nitrogens with one attached hydrogen (secondary N) is 1. The first-order valence-electron chi connectivity index (χ1n) is 16.2. The molecular weight excluding hydrogens is 558 g/mol. The van der Waals surface area contributed by atoms with Crippen LogP contribution in [0.25, 0.3) is 11.1 Å². The van der Waals surface area contributed by atoms with E-state index in [9.17, 15) is 19.1 Å². The number of halogens is 2. The van der Waals surface area contributed by atoms with E-state index in [-0.39, 0.29) is 41.0 Å². The van der Waals surface area contributed by atoms with Crippen molar-refractivity contribution in [1.29, 1.82) is 0 Å². The van der Waals surface area contributed by atoms with Gasteiger partial charge in [-0.3, -0.25) is 4.79 Å². The highest BCUT2D eigenvalue weighted by Gasteiger charge is 2.27. The first-order chi connectivity index (χ1) is 21.2. The molecule has 0 radical (unpaired) electrons. The van der Waals surface area contributed by atoms with Crippen molar-refractivity contribution in [2.75, 3.05) is 16.8 Å². The monoisotopic (exact) mass is 602 g/mol. The Kier molecular flexibility index (Phi) is 10.3. The van der Waals surface area contributed by atoms with Crippen LogP contribution >= 0.6 is 0 Å². The summed E-state index contributed by atoms with van der Waals surface area (Å²) in [7, 11) is 0. The first-order valence-corrected chi connectivity index (χ1v) is 16.2. The summed E-state index contributed by atoms with van der Waals surface area (Å²) in [6.07, 6.45) is 11.7. The standard InChI is InChI=1S/C37H44F2N2O3/c1-24(2)23-41(29-11-7-4-8-12-29)35-22-33(39)32(31-20-28(38)17-18-30(31)37(43)44)21-34(35)40-36(42)19-25-13-15-27(16-14-25)26-9-5-3-6-10-26/h13-18,20-22,24,26,29H,3-12,19,23H2,1-2H3,(H,40,42)(H,43,44). The van der Waals surface area contributed by atoms with E-state index in [4.69, 9.17) is 0 Å². The third-order valence-electron chi connectivity index (χ3n) is 9.17. The van der Waals surface area contributed by atoms with Gasteiger partial charge < -0.3 is 15.3 Å². The van der Waals surface area contributed by atoms with Crippen LogP contribution in [-0.2, 0) is 11.2 Å². The molecule has 0 aliphatic heterocycles. The first kappa shape index (κ1) is 31.7. The highest BCUT2D eigenvalue weighted by atomic mass is 19.1. The van der Waals surface area contributed by atoms with Crippen LogP contribution in [0.1, 0.15) is 105 Å². The summed E-state index contributed by atoms with van der Waals surface area (Å²) < 4.78 is 30.3. The number of anilines is 2. The van der Waals surface area contributed by atoms with Crippen LogP contribution in [0.4, 0.5) is 20.2 Å². The molecule has 3 aromatic rings. The Hall–Kier alpha value is -3.74. The number of hydrogen-bond acceptors (Lipinski definition) is 3. The lowest BCUT2D eigenvalue weighted by Gasteiger charge is -2.38. The summed E-state index contributed by atoms with van der Waals surface area (Å²) in [5, 5.41) is 12.8. The van der Waals surface area contributed by atoms with E-state index in [1.165, 1.54) is 56.2 Å². The van der Waals surface area contributed by atoms with Gasteiger partial charge in [0.25, 0.3) is 0 Å². The maximum atomic E-state index is 16.0. The number of amides is 1. The minimum atomic E-state index is -1.28. The second kappa shape index (κ2) is 14.4. The Labute approximate surface area is 259 Å². The van der Waals surface area contributed by atoms with Gasteiger partial charge in [-0.05, 0) is 79.0 Å². The zero-order chi connectivity index (χ0) is 31.2. The fraction of sp³-hybridized carbons (Fsp3) is 0.459. The fourth-order valence-corrected chi connectivity index (χ4v) is 6.99. The molecule has 1 amide bonds. The molecule has 0 saturated heterocycles. The molecule has 234 valence electrons. The SMILES string of the molecule is CC(C)CN(c1cc(F)c(-c2cc(F)ccc2C(=O)O)cc1NC(=O)Cc1ccc(C2CCCCC2)cc1)C1CCCCC1. The molecule has 0 unspecified atom stereocenters. The van der Waals surface area contributed by atoms with Crippen molar-refractivity contribution in [1.82, 2.24) is 0 Å². The zero-order valence-electron chi connectivity index (χ0n) is 25.9. The quantitative estimate of drug-likeness (QED) is 0.243. The molecule has 0 atom stereocenters. The van der Waals surface area contributed by atoms with Crippen LogP contribution in [0, 0.1) is 17.6 Å². The van der Waals surface area contributed by atoms with E-state index in [0.29, 0.717) is 23.8 Å². The Balaban J connectivity index is 1.50. The Morgan fingerprint density at radius 1 is 0.864 bits per heavy atom. The molecule has 44 heavy (non-hydrogen) atoms. The van der Waals surface area contributed by atoms with Crippen LogP contribution in [-0.4, -0.2) is 29.6 Å². The van der Waals surface area contributed by atoms with Gasteiger partial charge in [0, 0.05) is 23.7 Å². The van der Waals surface area contributed by atoms with Crippen molar-refractivity contribution in [2.24, 2.45) is 5.92 Å². The van der Waals surface area contributed by atoms with Crippen molar-refractivity contribution in [3.63, 3.8) is 0 Å². The number of hydrogen-bond donors (Lipinski definition) is 2. The van der Waals surface area contributed by atoms with Gasteiger partial charge in [0.1, 0.15) is 11.6 Å². The second-order valence-electron chi connectivity index (χ2n) is 13.0. The lowest BCUT2D eigenvalue weighted by molar-refractivity contribution is -0.115. The average Bonchev–Trinajstić information content (AvgIpc) is 3.01. The number of carboxylic acid groups (broad SMARTS) is 1. The van der Waals surface area contributed by atoms with Gasteiger partial charge in [0.2, 0.25) is 5.91 Å².